The first-order valence-electron chi connectivity index (χ1n) is 8.65. The number of benzene rings is 1. The number of aromatic nitrogens is 1. The molecule has 5 nitrogen and oxygen atoms in total. The molecule has 25 heavy (non-hydrogen) atoms. The van der Waals surface area contributed by atoms with Crippen LogP contribution in [0.4, 0.5) is 5.69 Å². The van der Waals surface area contributed by atoms with Crippen LogP contribution in [0.2, 0.25) is 0 Å². The lowest BCUT2D eigenvalue weighted by Gasteiger charge is -2.27. The van der Waals surface area contributed by atoms with Gasteiger partial charge < -0.3 is 10.1 Å². The normalized spacial score (nSPS) is 18.4. The summed E-state index contributed by atoms with van der Waals surface area (Å²) >= 11 is 0. The molecule has 0 spiro atoms. The molecule has 2 aliphatic heterocycles. The molecule has 0 aliphatic carbocycles. The quantitative estimate of drug-likeness (QED) is 0.931. The molecule has 1 amide bonds. The molecule has 1 atom stereocenters. The average molecular weight is 336 g/mol. The second kappa shape index (κ2) is 6.41. The zero-order chi connectivity index (χ0) is 17.4. The van der Waals surface area contributed by atoms with E-state index in [4.69, 9.17) is 4.74 Å². The second-order valence-electron chi connectivity index (χ2n) is 6.66. The Morgan fingerprint density at radius 1 is 1.36 bits per heavy atom. The van der Waals surface area contributed by atoms with Crippen molar-refractivity contribution in [2.45, 2.75) is 38.7 Å². The van der Waals surface area contributed by atoms with E-state index in [1.54, 1.807) is 0 Å². The van der Waals surface area contributed by atoms with Gasteiger partial charge in [0.2, 0.25) is 5.91 Å². The number of ether oxygens (including phenoxy) is 1. The average Bonchev–Trinajstić information content (AvgIpc) is 3.00. The molecule has 0 saturated carbocycles. The van der Waals surface area contributed by atoms with Gasteiger partial charge in [-0.1, -0.05) is 13.0 Å². The molecule has 0 bridgehead atoms. The largest absolute Gasteiger partial charge is 0.376 e. The summed E-state index contributed by atoms with van der Waals surface area (Å²) in [6.45, 7) is 2.98. The summed E-state index contributed by atoms with van der Waals surface area (Å²) in [5.74, 6) is 0.345. The fraction of sp³-hybridized carbons (Fsp3) is 0.350. The first-order valence-corrected chi connectivity index (χ1v) is 8.65. The number of fused-ring (bicyclic) bond motifs is 2. The molecule has 128 valence electrons. The maximum Gasteiger partial charge on any atom is 0.228 e. The molecule has 5 heteroatoms. The van der Waals surface area contributed by atoms with Crippen molar-refractivity contribution in [3.05, 3.63) is 47.3 Å². The zero-order valence-corrected chi connectivity index (χ0v) is 14.2. The highest BCUT2D eigenvalue weighted by molar-refractivity contribution is 5.99. The van der Waals surface area contributed by atoms with Crippen molar-refractivity contribution in [2.75, 3.05) is 11.9 Å². The van der Waals surface area contributed by atoms with Crippen molar-refractivity contribution in [3.63, 3.8) is 0 Å². The predicted molar refractivity (Wildman–Crippen MR) is 94.3 cm³/mol. The van der Waals surface area contributed by atoms with Crippen LogP contribution in [0.15, 0.2) is 30.6 Å². The Kier molecular flexibility index (Phi) is 4.09. The summed E-state index contributed by atoms with van der Waals surface area (Å²) in [6.07, 6.45) is 5.17. The van der Waals surface area contributed by atoms with E-state index in [0.29, 0.717) is 32.5 Å². The van der Waals surface area contributed by atoms with Crippen LogP contribution >= 0.6 is 0 Å². The van der Waals surface area contributed by atoms with E-state index in [-0.39, 0.29) is 17.6 Å². The fourth-order valence-corrected chi connectivity index (χ4v) is 3.64. The van der Waals surface area contributed by atoms with Gasteiger partial charge in [0.25, 0.3) is 0 Å². The summed E-state index contributed by atoms with van der Waals surface area (Å²) in [5.41, 5.74) is 6.16. The van der Waals surface area contributed by atoms with Gasteiger partial charge in [0.05, 0.1) is 19.6 Å². The first kappa shape index (κ1) is 16.0. The molecule has 3 heterocycles. The van der Waals surface area contributed by atoms with Crippen LogP contribution in [0.5, 0.6) is 0 Å². The molecule has 0 fully saturated rings. The minimum Gasteiger partial charge on any atom is -0.376 e. The molecular formula is C20H20N2O3. The lowest BCUT2D eigenvalue weighted by atomic mass is 9.86. The van der Waals surface area contributed by atoms with Gasteiger partial charge in [-0.2, -0.15) is 0 Å². The third-order valence-corrected chi connectivity index (χ3v) is 5.01. The number of nitrogens with zero attached hydrogens (tertiary/aromatic N) is 1. The maximum absolute atomic E-state index is 11.9. The topological polar surface area (TPSA) is 68.3 Å². The van der Waals surface area contributed by atoms with Crippen LogP contribution in [0.1, 0.15) is 42.4 Å². The Balaban J connectivity index is 1.73. The standard InChI is InChI=1S/C20H20N2O3/c1-2-15(23)6-14-10-25-11-18-16(8-21-9-17(14)18)12-3-4-19-13(5-12)7-20(24)22-19/h3-5,8-9,14H,2,6-7,10-11H2,1H3,(H,22,24). The first-order chi connectivity index (χ1) is 12.2. The number of rotatable bonds is 4. The van der Waals surface area contributed by atoms with Gasteiger partial charge in [-0.05, 0) is 34.4 Å². The summed E-state index contributed by atoms with van der Waals surface area (Å²) in [7, 11) is 0. The highest BCUT2D eigenvalue weighted by Gasteiger charge is 2.26. The number of pyridine rings is 1. The highest BCUT2D eigenvalue weighted by Crippen LogP contribution is 2.37. The highest BCUT2D eigenvalue weighted by atomic mass is 16.5. The van der Waals surface area contributed by atoms with Gasteiger partial charge in [0.1, 0.15) is 5.78 Å². The molecule has 1 aromatic heterocycles. The van der Waals surface area contributed by atoms with E-state index < -0.39 is 0 Å². The summed E-state index contributed by atoms with van der Waals surface area (Å²) < 4.78 is 5.78. The Hall–Kier alpha value is -2.53. The lowest BCUT2D eigenvalue weighted by molar-refractivity contribution is -0.119. The number of anilines is 1. The van der Waals surface area contributed by atoms with E-state index >= 15 is 0 Å². The summed E-state index contributed by atoms with van der Waals surface area (Å²) in [4.78, 5) is 27.9. The third kappa shape index (κ3) is 2.96. The van der Waals surface area contributed by atoms with Gasteiger partial charge in [0, 0.05) is 42.4 Å². The zero-order valence-electron chi connectivity index (χ0n) is 14.2. The summed E-state index contributed by atoms with van der Waals surface area (Å²) in [5, 5.41) is 2.86. The fourth-order valence-electron chi connectivity index (χ4n) is 3.64. The van der Waals surface area contributed by atoms with Crippen LogP contribution in [-0.2, 0) is 27.4 Å². The number of carbonyl (C=O) groups excluding carboxylic acids is 2. The van der Waals surface area contributed by atoms with Crippen LogP contribution in [0, 0.1) is 0 Å². The van der Waals surface area contributed by atoms with E-state index in [0.717, 1.165) is 33.5 Å². The molecule has 0 radical (unpaired) electrons. The Labute approximate surface area is 146 Å². The van der Waals surface area contributed by atoms with Gasteiger partial charge in [-0.25, -0.2) is 0 Å². The number of nitrogens with one attached hydrogen (secondary N) is 1. The van der Waals surface area contributed by atoms with Gasteiger partial charge in [-0.15, -0.1) is 0 Å². The van der Waals surface area contributed by atoms with Crippen molar-refractivity contribution < 1.29 is 14.3 Å². The third-order valence-electron chi connectivity index (χ3n) is 5.01. The van der Waals surface area contributed by atoms with Crippen LogP contribution < -0.4 is 5.32 Å². The maximum atomic E-state index is 11.9. The lowest BCUT2D eigenvalue weighted by Crippen LogP contribution is -2.20. The Morgan fingerprint density at radius 2 is 2.24 bits per heavy atom. The molecule has 4 rings (SSSR count). The number of carbonyl (C=O) groups is 2. The number of amides is 1. The molecule has 0 saturated heterocycles. The Morgan fingerprint density at radius 3 is 3.08 bits per heavy atom. The number of hydrogen-bond donors (Lipinski definition) is 1. The van der Waals surface area contributed by atoms with E-state index in [9.17, 15) is 9.59 Å². The van der Waals surface area contributed by atoms with Crippen molar-refractivity contribution in [1.82, 2.24) is 4.98 Å². The minimum absolute atomic E-state index is 0.0295. The molecule has 1 aromatic carbocycles. The molecule has 2 aromatic rings. The van der Waals surface area contributed by atoms with E-state index in [1.165, 1.54) is 0 Å². The van der Waals surface area contributed by atoms with Crippen LogP contribution in [0.25, 0.3) is 11.1 Å². The van der Waals surface area contributed by atoms with Crippen LogP contribution in [-0.4, -0.2) is 23.3 Å². The van der Waals surface area contributed by atoms with Gasteiger partial charge in [-0.3, -0.25) is 14.6 Å². The molecule has 1 unspecified atom stereocenters. The molecule has 1 N–H and O–H groups in total. The molecule has 2 aliphatic rings. The smallest absolute Gasteiger partial charge is 0.228 e. The van der Waals surface area contributed by atoms with Crippen molar-refractivity contribution in [1.29, 1.82) is 0 Å². The molecular weight excluding hydrogens is 316 g/mol. The number of hydrogen-bond acceptors (Lipinski definition) is 4. The monoisotopic (exact) mass is 336 g/mol. The second-order valence-corrected chi connectivity index (χ2v) is 6.66. The van der Waals surface area contributed by atoms with Gasteiger partial charge >= 0.3 is 0 Å². The van der Waals surface area contributed by atoms with E-state index in [2.05, 4.69) is 10.3 Å². The number of Topliss-reactive ketones (excluding diaryl/α,β-unsaturated/α-hetero) is 1. The minimum atomic E-state index is 0.0295. The van der Waals surface area contributed by atoms with Crippen LogP contribution in [0.3, 0.4) is 0 Å². The summed E-state index contributed by atoms with van der Waals surface area (Å²) in [6, 6.07) is 5.99. The van der Waals surface area contributed by atoms with Crippen molar-refractivity contribution >= 4 is 17.4 Å². The SMILES string of the molecule is CCC(=O)CC1COCc2c(-c3ccc4c(c3)CC(=O)N4)cncc21. The van der Waals surface area contributed by atoms with Crippen molar-refractivity contribution in [3.8, 4) is 11.1 Å². The predicted octanol–water partition coefficient (Wildman–Crippen LogP) is 3.23. The Bertz CT molecular complexity index is 860. The van der Waals surface area contributed by atoms with E-state index in [1.807, 2.05) is 37.5 Å². The van der Waals surface area contributed by atoms with Gasteiger partial charge in [0.15, 0.2) is 0 Å². The van der Waals surface area contributed by atoms with Crippen molar-refractivity contribution in [2.24, 2.45) is 0 Å². The number of ketones is 1.